The summed E-state index contributed by atoms with van der Waals surface area (Å²) in [5, 5.41) is 11.7. The van der Waals surface area contributed by atoms with Crippen molar-refractivity contribution in [1.29, 1.82) is 0 Å². The second-order valence-corrected chi connectivity index (χ2v) is 32.3. The van der Waals surface area contributed by atoms with Crippen LogP contribution in [0.4, 0.5) is 0 Å². The van der Waals surface area contributed by atoms with Crippen LogP contribution in [-0.4, -0.2) is 111 Å². The zero-order chi connectivity index (χ0) is 51.7. The number of aliphatic hydroxyl groups is 1. The Bertz CT molecular complexity index is 1920. The molecule has 0 radical (unpaired) electrons. The summed E-state index contributed by atoms with van der Waals surface area (Å²) >= 11 is 0. The van der Waals surface area contributed by atoms with E-state index in [0.29, 0.717) is 6.42 Å². The molecule has 0 amide bonds. The smallest absolute Gasteiger partial charge is 0.192 e. The number of aliphatic hydroxyl groups excluding tert-OH is 1. The molecule has 2 fully saturated rings. The predicted octanol–water partition coefficient (Wildman–Crippen LogP) is 13.0. The molecule has 0 spiro atoms. The summed E-state index contributed by atoms with van der Waals surface area (Å²) in [5.74, 6) is 6.57. The lowest BCUT2D eigenvalue weighted by atomic mass is 9.80. The number of unbranched alkanes of at least 4 members (excludes halogenated alkanes) is 7. The number of benzene rings is 3. The third-order valence-electron chi connectivity index (χ3n) is 15.5. The topological polar surface area (TPSA) is 103 Å². The van der Waals surface area contributed by atoms with E-state index in [0.717, 1.165) is 42.4 Å². The van der Waals surface area contributed by atoms with Gasteiger partial charge in [-0.05, 0) is 72.2 Å². The Balaban J connectivity index is 1.53. The molecule has 71 heavy (non-hydrogen) atoms. The summed E-state index contributed by atoms with van der Waals surface area (Å²) in [4.78, 5) is 0. The van der Waals surface area contributed by atoms with Crippen molar-refractivity contribution in [3.63, 3.8) is 0 Å². The molecule has 1 N–H and O–H groups in total. The zero-order valence-corrected chi connectivity index (χ0v) is 47.9. The van der Waals surface area contributed by atoms with Crippen LogP contribution in [0.2, 0.25) is 36.3 Å². The quantitative estimate of drug-likeness (QED) is 0.0261. The summed E-state index contributed by atoms with van der Waals surface area (Å²) in [6, 6.07) is 31.2. The highest BCUT2D eigenvalue weighted by Gasteiger charge is 2.56. The lowest BCUT2D eigenvalue weighted by Gasteiger charge is -2.44. The van der Waals surface area contributed by atoms with E-state index >= 15 is 0 Å². The van der Waals surface area contributed by atoms with Crippen LogP contribution < -0.4 is 0 Å². The Hall–Kier alpha value is -2.75. The fourth-order valence-corrected chi connectivity index (χ4v) is 11.9. The first-order valence-corrected chi connectivity index (χ1v) is 32.5. The maximum Gasteiger partial charge on any atom is 0.192 e. The van der Waals surface area contributed by atoms with Gasteiger partial charge >= 0.3 is 0 Å². The molecule has 2 aliphatic rings. The van der Waals surface area contributed by atoms with Gasteiger partial charge in [0.1, 0.15) is 55.8 Å². The Labute approximate surface area is 431 Å². The number of ether oxygens (including phenoxy) is 7. The molecule has 12 heteroatoms. The molecule has 9 atom stereocenters. The molecule has 2 saturated heterocycles. The van der Waals surface area contributed by atoms with Gasteiger partial charge in [0.15, 0.2) is 16.6 Å². The van der Waals surface area contributed by atoms with Gasteiger partial charge in [-0.2, -0.15) is 0 Å². The van der Waals surface area contributed by atoms with Gasteiger partial charge in [-0.25, -0.2) is 0 Å². The minimum atomic E-state index is -2.53. The van der Waals surface area contributed by atoms with Crippen LogP contribution in [0.1, 0.15) is 136 Å². The fourth-order valence-electron chi connectivity index (χ4n) is 9.25. The van der Waals surface area contributed by atoms with E-state index in [9.17, 15) is 5.11 Å². The molecule has 0 unspecified atom stereocenters. The molecule has 0 aromatic heterocycles. The maximum absolute atomic E-state index is 11.9. The third kappa shape index (κ3) is 16.1. The third-order valence-corrected chi connectivity index (χ3v) is 24.4. The summed E-state index contributed by atoms with van der Waals surface area (Å²) in [6.07, 6.45) is 6.73. The van der Waals surface area contributed by atoms with Crippen molar-refractivity contribution in [2.24, 2.45) is 0 Å². The van der Waals surface area contributed by atoms with Gasteiger partial charge in [0.25, 0.3) is 0 Å². The first kappa shape index (κ1) is 59.1. The highest BCUT2D eigenvalue weighted by molar-refractivity contribution is 6.74. The van der Waals surface area contributed by atoms with E-state index in [1.807, 2.05) is 18.2 Å². The molecule has 3 aromatic carbocycles. The monoisotopic (exact) mass is 1020 g/mol. The first-order chi connectivity index (χ1) is 33.8. The molecular formula is C59H92O10Si2. The predicted molar refractivity (Wildman–Crippen MR) is 290 cm³/mol. The van der Waals surface area contributed by atoms with Crippen molar-refractivity contribution in [1.82, 2.24) is 0 Å². The zero-order valence-electron chi connectivity index (χ0n) is 45.9. The molecule has 396 valence electrons. The highest BCUT2D eigenvalue weighted by atomic mass is 28.4. The number of hydrogen-bond acceptors (Lipinski definition) is 10. The Morgan fingerprint density at radius 1 is 0.620 bits per heavy atom. The van der Waals surface area contributed by atoms with Crippen LogP contribution in [0, 0.1) is 11.8 Å². The van der Waals surface area contributed by atoms with Gasteiger partial charge in [-0.15, -0.1) is 0 Å². The normalized spacial score (nSPS) is 23.3. The van der Waals surface area contributed by atoms with E-state index in [4.69, 9.17) is 42.0 Å². The molecule has 5 rings (SSSR count). The van der Waals surface area contributed by atoms with Gasteiger partial charge in [0.2, 0.25) is 0 Å². The van der Waals surface area contributed by atoms with E-state index in [-0.39, 0.29) is 42.5 Å². The van der Waals surface area contributed by atoms with E-state index < -0.39 is 65.0 Å². The van der Waals surface area contributed by atoms with Crippen LogP contribution in [0.3, 0.4) is 0 Å². The van der Waals surface area contributed by atoms with E-state index in [2.05, 4.69) is 159 Å². The standard InChI is InChI=1S/C59H92O10Si2/c1-14-15-16-17-18-19-20-30-37-51-50(63-43-61-8)41-40-49(66-51)48(60)38-39-52(64-44-62-9)54-56(69-71(12,13)58(5,6)7)55(68-70(10,11)57(2,3)4)53(67-54)42-65-59(45-31-24-21-25-32-45,46-33-26-22-27-34-46)47-35-28-23-29-36-47/h21-29,31-36,48-56,60H,14-20,30,37,40-44H2,1-13H3/t48-,49+,50-,51+,52+,53-,54-,55-,56-/m1/s1. The average Bonchev–Trinajstić information content (AvgIpc) is 3.66. The molecule has 2 aliphatic heterocycles. The molecule has 0 saturated carbocycles. The first-order valence-electron chi connectivity index (χ1n) is 26.7. The van der Waals surface area contributed by atoms with Gasteiger partial charge in [0, 0.05) is 14.2 Å². The van der Waals surface area contributed by atoms with Crippen LogP contribution in [0.15, 0.2) is 91.0 Å². The van der Waals surface area contributed by atoms with Crippen LogP contribution >= 0.6 is 0 Å². The summed E-state index contributed by atoms with van der Waals surface area (Å²) in [6.45, 7) is 25.1. The Kier molecular flexibility index (Phi) is 23.1. The van der Waals surface area contributed by atoms with Crippen LogP contribution in [0.25, 0.3) is 0 Å². The summed E-state index contributed by atoms with van der Waals surface area (Å²) in [5.41, 5.74) is 1.97. The second kappa shape index (κ2) is 27.7. The summed E-state index contributed by atoms with van der Waals surface area (Å²) in [7, 11) is -1.80. The van der Waals surface area contributed by atoms with Gasteiger partial charge in [-0.3, -0.25) is 0 Å². The number of rotatable bonds is 27. The van der Waals surface area contributed by atoms with Crippen LogP contribution in [-0.2, 0) is 47.6 Å². The second-order valence-electron chi connectivity index (χ2n) is 22.8. The Morgan fingerprint density at radius 3 is 1.61 bits per heavy atom. The minimum Gasteiger partial charge on any atom is -0.408 e. The van der Waals surface area contributed by atoms with Gasteiger partial charge < -0.3 is 47.1 Å². The lowest BCUT2D eigenvalue weighted by Crippen LogP contribution is -2.55. The van der Waals surface area contributed by atoms with Crippen molar-refractivity contribution in [2.45, 2.75) is 216 Å². The highest BCUT2D eigenvalue weighted by Crippen LogP contribution is 2.46. The molecular weight excluding hydrogens is 925 g/mol. The van der Waals surface area contributed by atoms with Crippen molar-refractivity contribution >= 4 is 16.6 Å². The molecule has 10 nitrogen and oxygen atoms in total. The Morgan fingerprint density at radius 2 is 1.11 bits per heavy atom. The van der Waals surface area contributed by atoms with Crippen molar-refractivity contribution in [3.05, 3.63) is 108 Å². The SMILES string of the molecule is CCCCCCCCCC[C@@H]1O[C@H]([C@H](O)C#C[C@H](OCOC)[C@H]2O[C@H](COC(c3ccccc3)(c3ccccc3)c3ccccc3)[C@@H](O[Si](C)(C)C(C)(C)C)[C@@H]2O[Si](C)(C)C(C)(C)C)CC[C@H]1OCOC. The maximum atomic E-state index is 11.9. The van der Waals surface area contributed by atoms with Crippen LogP contribution in [0.5, 0.6) is 0 Å². The largest absolute Gasteiger partial charge is 0.408 e. The molecule has 2 heterocycles. The lowest BCUT2D eigenvalue weighted by molar-refractivity contribution is -0.186. The molecule has 0 aliphatic carbocycles. The molecule has 3 aromatic rings. The van der Waals surface area contributed by atoms with Crippen molar-refractivity contribution < 1.29 is 47.1 Å². The van der Waals surface area contributed by atoms with E-state index in [1.165, 1.54) is 38.5 Å². The summed E-state index contributed by atoms with van der Waals surface area (Å²) < 4.78 is 60.2. The van der Waals surface area contributed by atoms with E-state index in [1.54, 1.807) is 14.2 Å². The average molecular weight is 1020 g/mol. The number of hydrogen-bond donors (Lipinski definition) is 1. The fraction of sp³-hybridized carbons (Fsp3) is 0.661. The van der Waals surface area contributed by atoms with Crippen molar-refractivity contribution in [3.8, 4) is 11.8 Å². The van der Waals surface area contributed by atoms with Crippen molar-refractivity contribution in [2.75, 3.05) is 34.4 Å². The van der Waals surface area contributed by atoms with Gasteiger partial charge in [-0.1, -0.05) is 203 Å². The molecule has 0 bridgehead atoms. The van der Waals surface area contributed by atoms with Gasteiger partial charge in [0.05, 0.1) is 24.9 Å². The number of methoxy groups -OCH3 is 2. The minimum absolute atomic E-state index is 0.0463.